The molecular weight excluding hydrogens is 362 g/mol. The van der Waals surface area contributed by atoms with Gasteiger partial charge in [0.05, 0.1) is 24.5 Å². The molecule has 0 heterocycles. The Hall–Kier alpha value is -1.11. The number of rotatable bonds is 11. The number of nitrogens with one attached hydrogen (secondary N) is 1. The Bertz CT molecular complexity index is 703. The Balaban J connectivity index is 1.86. The van der Waals surface area contributed by atoms with E-state index in [1.165, 1.54) is 12.8 Å². The third-order valence-electron chi connectivity index (χ3n) is 4.39. The first-order valence-electron chi connectivity index (χ1n) is 9.80. The van der Waals surface area contributed by atoms with Crippen LogP contribution < -0.4 is 9.46 Å². The van der Waals surface area contributed by atoms with Crippen LogP contribution in [-0.4, -0.2) is 34.0 Å². The van der Waals surface area contributed by atoms with E-state index in [-0.39, 0.29) is 11.2 Å². The summed E-state index contributed by atoms with van der Waals surface area (Å²) in [5.41, 5.74) is 0.277. The summed E-state index contributed by atoms with van der Waals surface area (Å²) in [6, 6.07) is 7.69. The molecule has 0 saturated heterocycles. The lowest BCUT2D eigenvalue weighted by Gasteiger charge is -2.27. The molecule has 27 heavy (non-hydrogen) atoms. The van der Waals surface area contributed by atoms with Crippen LogP contribution in [0.25, 0.3) is 0 Å². The molecule has 0 unspecified atom stereocenters. The highest BCUT2D eigenvalue weighted by atomic mass is 32.2. The number of hydrogen-bond acceptors (Lipinski definition) is 4. The van der Waals surface area contributed by atoms with E-state index in [1.54, 1.807) is 0 Å². The fraction of sp³-hybridized carbons (Fsp3) is 0.714. The second-order valence-corrected chi connectivity index (χ2v) is 11.1. The molecule has 5 nitrogen and oxygen atoms in total. The van der Waals surface area contributed by atoms with Crippen molar-refractivity contribution in [3.8, 4) is 5.75 Å². The molecule has 1 fully saturated rings. The Labute approximate surface area is 164 Å². The summed E-state index contributed by atoms with van der Waals surface area (Å²) < 4.78 is 39.2. The molecule has 0 bridgehead atoms. The SMILES string of the molecule is CC(C)(C)COCCCS(=O)(=O)NC(C)(C)c1cccc(OCC2CC2)c1. The zero-order valence-electron chi connectivity index (χ0n) is 17.4. The van der Waals surface area contributed by atoms with Crippen molar-refractivity contribution in [1.29, 1.82) is 0 Å². The lowest BCUT2D eigenvalue weighted by Crippen LogP contribution is -2.42. The first kappa shape index (κ1) is 22.2. The van der Waals surface area contributed by atoms with Crippen molar-refractivity contribution in [3.05, 3.63) is 29.8 Å². The molecule has 0 radical (unpaired) electrons. The van der Waals surface area contributed by atoms with Crippen molar-refractivity contribution >= 4 is 10.0 Å². The van der Waals surface area contributed by atoms with Gasteiger partial charge in [0.1, 0.15) is 5.75 Å². The van der Waals surface area contributed by atoms with Gasteiger partial charge in [0, 0.05) is 6.61 Å². The molecule has 1 saturated carbocycles. The molecule has 0 aromatic heterocycles. The summed E-state index contributed by atoms with van der Waals surface area (Å²) in [7, 11) is -3.40. The number of sulfonamides is 1. The van der Waals surface area contributed by atoms with Gasteiger partial charge in [-0.05, 0) is 62.1 Å². The third-order valence-corrected chi connectivity index (χ3v) is 6.03. The minimum atomic E-state index is -3.40. The molecular formula is C21H35NO4S. The van der Waals surface area contributed by atoms with Gasteiger partial charge in [-0.25, -0.2) is 13.1 Å². The van der Waals surface area contributed by atoms with Crippen LogP contribution in [0.15, 0.2) is 24.3 Å². The van der Waals surface area contributed by atoms with Gasteiger partial charge in [0.25, 0.3) is 0 Å². The standard InChI is InChI=1S/C21H35NO4S/c1-20(2,3)16-25-12-7-13-27(23,24)22-21(4,5)18-8-6-9-19(14-18)26-15-17-10-11-17/h6,8-9,14,17,22H,7,10-13,15-16H2,1-5H3. The molecule has 1 aromatic carbocycles. The van der Waals surface area contributed by atoms with Crippen molar-refractivity contribution in [2.75, 3.05) is 25.6 Å². The Morgan fingerprint density at radius 3 is 2.48 bits per heavy atom. The van der Waals surface area contributed by atoms with Gasteiger partial charge >= 0.3 is 0 Å². The fourth-order valence-electron chi connectivity index (χ4n) is 2.70. The van der Waals surface area contributed by atoms with Crippen LogP contribution in [0, 0.1) is 11.3 Å². The van der Waals surface area contributed by atoms with Crippen molar-refractivity contribution in [2.45, 2.75) is 59.4 Å². The van der Waals surface area contributed by atoms with Crippen molar-refractivity contribution in [1.82, 2.24) is 4.72 Å². The highest BCUT2D eigenvalue weighted by Crippen LogP contribution is 2.30. The lowest BCUT2D eigenvalue weighted by molar-refractivity contribution is 0.0720. The topological polar surface area (TPSA) is 64.6 Å². The maximum Gasteiger partial charge on any atom is 0.212 e. The van der Waals surface area contributed by atoms with E-state index in [9.17, 15) is 8.42 Å². The molecule has 0 amide bonds. The molecule has 0 spiro atoms. The highest BCUT2D eigenvalue weighted by molar-refractivity contribution is 7.89. The molecule has 0 atom stereocenters. The normalized spacial score (nSPS) is 15.7. The van der Waals surface area contributed by atoms with E-state index in [4.69, 9.17) is 9.47 Å². The second kappa shape index (κ2) is 8.93. The molecule has 1 N–H and O–H groups in total. The van der Waals surface area contributed by atoms with Crippen LogP contribution in [0.1, 0.15) is 59.4 Å². The Morgan fingerprint density at radius 2 is 1.85 bits per heavy atom. The van der Waals surface area contributed by atoms with Crippen molar-refractivity contribution < 1.29 is 17.9 Å². The minimum absolute atomic E-state index is 0.0540. The maximum atomic E-state index is 12.5. The largest absolute Gasteiger partial charge is 0.493 e. The van der Waals surface area contributed by atoms with E-state index >= 15 is 0 Å². The van der Waals surface area contributed by atoms with Crippen molar-refractivity contribution in [2.24, 2.45) is 11.3 Å². The summed E-state index contributed by atoms with van der Waals surface area (Å²) in [6.07, 6.45) is 2.96. The van der Waals surface area contributed by atoms with E-state index in [0.717, 1.165) is 17.9 Å². The monoisotopic (exact) mass is 397 g/mol. The summed E-state index contributed by atoms with van der Waals surface area (Å²) in [5, 5.41) is 0. The number of hydrogen-bond donors (Lipinski definition) is 1. The first-order chi connectivity index (χ1) is 12.5. The van der Waals surface area contributed by atoms with Gasteiger partial charge in [-0.2, -0.15) is 0 Å². The van der Waals surface area contributed by atoms with E-state index in [2.05, 4.69) is 25.5 Å². The molecule has 2 rings (SSSR count). The number of benzene rings is 1. The van der Waals surface area contributed by atoms with Gasteiger partial charge in [-0.3, -0.25) is 0 Å². The molecule has 0 aliphatic heterocycles. The van der Waals surface area contributed by atoms with Crippen molar-refractivity contribution in [3.63, 3.8) is 0 Å². The van der Waals surface area contributed by atoms with Gasteiger partial charge in [0.15, 0.2) is 0 Å². The lowest BCUT2D eigenvalue weighted by atomic mass is 9.95. The summed E-state index contributed by atoms with van der Waals surface area (Å²) in [6.45, 7) is 11.8. The van der Waals surface area contributed by atoms with Crippen LogP contribution in [-0.2, 0) is 20.3 Å². The average Bonchev–Trinajstić information content (AvgIpc) is 3.35. The van der Waals surface area contributed by atoms with Gasteiger partial charge in [0.2, 0.25) is 10.0 Å². The molecule has 1 aliphatic carbocycles. The van der Waals surface area contributed by atoms with Crippen LogP contribution in [0.3, 0.4) is 0 Å². The fourth-order valence-corrected chi connectivity index (χ4v) is 4.20. The summed E-state index contributed by atoms with van der Waals surface area (Å²) in [5.74, 6) is 1.53. The zero-order chi connectivity index (χ0) is 20.1. The predicted molar refractivity (Wildman–Crippen MR) is 110 cm³/mol. The molecule has 1 aliphatic rings. The predicted octanol–water partition coefficient (Wildman–Crippen LogP) is 4.08. The number of ether oxygens (including phenoxy) is 2. The van der Waals surface area contributed by atoms with Crippen LogP contribution in [0.5, 0.6) is 5.75 Å². The summed E-state index contributed by atoms with van der Waals surface area (Å²) >= 11 is 0. The first-order valence-corrected chi connectivity index (χ1v) is 11.4. The van der Waals surface area contributed by atoms with Gasteiger partial charge in [-0.1, -0.05) is 32.9 Å². The maximum absolute atomic E-state index is 12.5. The van der Waals surface area contributed by atoms with E-state index in [1.807, 2.05) is 38.1 Å². The second-order valence-electron chi connectivity index (χ2n) is 9.29. The molecule has 6 heteroatoms. The van der Waals surface area contributed by atoms with E-state index < -0.39 is 15.6 Å². The van der Waals surface area contributed by atoms with Gasteiger partial charge in [-0.15, -0.1) is 0 Å². The Kier molecular flexibility index (Phi) is 7.33. The van der Waals surface area contributed by atoms with Crippen LogP contribution >= 0.6 is 0 Å². The smallest absolute Gasteiger partial charge is 0.212 e. The van der Waals surface area contributed by atoms with E-state index in [0.29, 0.717) is 25.6 Å². The molecule has 154 valence electrons. The van der Waals surface area contributed by atoms with Gasteiger partial charge < -0.3 is 9.47 Å². The minimum Gasteiger partial charge on any atom is -0.493 e. The average molecular weight is 398 g/mol. The Morgan fingerprint density at radius 1 is 1.15 bits per heavy atom. The third kappa shape index (κ3) is 8.62. The summed E-state index contributed by atoms with van der Waals surface area (Å²) in [4.78, 5) is 0. The molecule has 1 aromatic rings. The quantitative estimate of drug-likeness (QED) is 0.571. The van der Waals surface area contributed by atoms with Crippen LogP contribution in [0.4, 0.5) is 0 Å². The van der Waals surface area contributed by atoms with Crippen LogP contribution in [0.2, 0.25) is 0 Å². The highest BCUT2D eigenvalue weighted by Gasteiger charge is 2.27. The zero-order valence-corrected chi connectivity index (χ0v) is 18.2.